The Kier molecular flexibility index (Phi) is 5.71. The van der Waals surface area contributed by atoms with Crippen LogP contribution in [-0.4, -0.2) is 52.4 Å². The molecule has 2 aromatic carbocycles. The van der Waals surface area contributed by atoms with Gasteiger partial charge in [0.05, 0.1) is 15.2 Å². The maximum atomic E-state index is 13.0. The normalized spacial score (nSPS) is 25.3. The lowest BCUT2D eigenvalue weighted by Crippen LogP contribution is -2.49. The van der Waals surface area contributed by atoms with E-state index in [1.165, 1.54) is 36.4 Å². The topological polar surface area (TPSA) is 155 Å². The number of nitro benzene ring substituents is 1. The van der Waals surface area contributed by atoms with Crippen molar-refractivity contribution < 1.29 is 33.1 Å². The molecular weight excluding hydrogens is 452 g/mol. The zero-order valence-corrected chi connectivity index (χ0v) is 18.3. The lowest BCUT2D eigenvalue weighted by Gasteiger charge is -2.47. The molecule has 1 aliphatic carbocycles. The summed E-state index contributed by atoms with van der Waals surface area (Å²) in [7, 11) is -4.00. The van der Waals surface area contributed by atoms with Crippen molar-refractivity contribution in [3.63, 3.8) is 0 Å². The Bertz CT molecular complexity index is 1210. The number of hydrogen-bond donors (Lipinski definition) is 2. The quantitative estimate of drug-likeness (QED) is 0.458. The monoisotopic (exact) mass is 474 g/mol. The molecule has 1 aliphatic heterocycles. The maximum Gasteiger partial charge on any atom is 0.322 e. The van der Waals surface area contributed by atoms with Gasteiger partial charge in [0.15, 0.2) is 0 Å². The van der Waals surface area contributed by atoms with Crippen LogP contribution in [0.25, 0.3) is 0 Å². The van der Waals surface area contributed by atoms with E-state index < -0.39 is 44.3 Å². The Morgan fingerprint density at radius 2 is 1.67 bits per heavy atom. The van der Waals surface area contributed by atoms with Gasteiger partial charge in [0.1, 0.15) is 6.04 Å². The van der Waals surface area contributed by atoms with Crippen LogP contribution in [0.4, 0.5) is 5.69 Å². The largest absolute Gasteiger partial charge is 0.481 e. The number of sulfonamides is 1. The molecule has 10 nitrogen and oxygen atoms in total. The summed E-state index contributed by atoms with van der Waals surface area (Å²) in [6, 6.07) is 10.2. The molecule has 2 aromatic rings. The minimum absolute atomic E-state index is 0.0463. The molecule has 33 heavy (non-hydrogen) atoms. The molecule has 1 saturated carbocycles. The third kappa shape index (κ3) is 3.66. The predicted molar refractivity (Wildman–Crippen MR) is 115 cm³/mol. The summed E-state index contributed by atoms with van der Waals surface area (Å²) in [6.45, 7) is 0.131. The Balaban J connectivity index is 1.64. The van der Waals surface area contributed by atoms with E-state index in [-0.39, 0.29) is 23.5 Å². The number of non-ortho nitro benzene ring substituents is 1. The molecule has 0 spiro atoms. The summed E-state index contributed by atoms with van der Waals surface area (Å²) in [5, 5.41) is 30.3. The van der Waals surface area contributed by atoms with Gasteiger partial charge in [0, 0.05) is 24.6 Å². The number of rotatable bonds is 7. The lowest BCUT2D eigenvalue weighted by molar-refractivity contribution is -0.384. The number of hydrogen-bond acceptors (Lipinski definition) is 6. The highest BCUT2D eigenvalue weighted by Crippen LogP contribution is 2.55. The molecule has 2 N–H and O–H groups in total. The highest BCUT2D eigenvalue weighted by atomic mass is 32.2. The fourth-order valence-corrected chi connectivity index (χ4v) is 6.57. The minimum atomic E-state index is -4.00. The number of aliphatic carboxylic acids is 2. The maximum absolute atomic E-state index is 13.0. The van der Waals surface area contributed by atoms with Crippen LogP contribution in [0.2, 0.25) is 0 Å². The Morgan fingerprint density at radius 3 is 2.15 bits per heavy atom. The molecule has 4 rings (SSSR count). The fraction of sp³-hybridized carbons (Fsp3) is 0.364. The Labute approximate surface area is 189 Å². The average molecular weight is 474 g/mol. The van der Waals surface area contributed by atoms with Gasteiger partial charge in [0.2, 0.25) is 10.0 Å². The Morgan fingerprint density at radius 1 is 1.03 bits per heavy atom. The van der Waals surface area contributed by atoms with Crippen LogP contribution in [0, 0.1) is 10.1 Å². The molecule has 174 valence electrons. The van der Waals surface area contributed by atoms with Crippen LogP contribution in [0.1, 0.15) is 42.7 Å². The van der Waals surface area contributed by atoms with Gasteiger partial charge < -0.3 is 10.2 Å². The predicted octanol–water partition coefficient (Wildman–Crippen LogP) is 2.73. The second-order valence-corrected chi connectivity index (χ2v) is 10.2. The van der Waals surface area contributed by atoms with Gasteiger partial charge in [-0.3, -0.25) is 19.7 Å². The summed E-state index contributed by atoms with van der Waals surface area (Å²) in [5.41, 5.74) is -0.308. The first kappa shape index (κ1) is 22.9. The smallest absolute Gasteiger partial charge is 0.322 e. The van der Waals surface area contributed by atoms with Crippen LogP contribution in [0.3, 0.4) is 0 Å². The molecule has 2 fully saturated rings. The van der Waals surface area contributed by atoms with Crippen LogP contribution in [0.5, 0.6) is 0 Å². The molecule has 2 aliphatic rings. The zero-order chi connectivity index (χ0) is 24.0. The summed E-state index contributed by atoms with van der Waals surface area (Å²) in [6.07, 6.45) is 1.62. The fourth-order valence-electron chi connectivity index (χ4n) is 4.92. The van der Waals surface area contributed by atoms with Gasteiger partial charge in [-0.2, -0.15) is 4.31 Å². The van der Waals surface area contributed by atoms with Crippen molar-refractivity contribution in [2.24, 2.45) is 0 Å². The van der Waals surface area contributed by atoms with Crippen molar-refractivity contribution in [3.8, 4) is 0 Å². The zero-order valence-electron chi connectivity index (χ0n) is 17.5. The second-order valence-electron chi connectivity index (χ2n) is 8.35. The first-order valence-electron chi connectivity index (χ1n) is 10.4. The van der Waals surface area contributed by atoms with Crippen LogP contribution >= 0.6 is 0 Å². The summed E-state index contributed by atoms with van der Waals surface area (Å²) < 4.78 is 26.9. The van der Waals surface area contributed by atoms with Gasteiger partial charge >= 0.3 is 11.9 Å². The van der Waals surface area contributed by atoms with Gasteiger partial charge in [-0.1, -0.05) is 24.3 Å². The highest BCUT2D eigenvalue weighted by molar-refractivity contribution is 7.89. The number of carboxylic acids is 2. The standard InChI is InChI=1S/C22H22N2O8S/c25-20(26)19-2-1-13-23(19)33(31,32)17-9-3-14(4-10-17)18-11-12-22(18,21(27)28)15-5-7-16(8-6-15)24(29)30/h3-10,18-19H,1-2,11-13H2,(H,25,26)(H,27,28)/t18?,19-,22?/m1/s1. The van der Waals surface area contributed by atoms with Crippen molar-refractivity contribution in [3.05, 3.63) is 69.8 Å². The van der Waals surface area contributed by atoms with E-state index in [0.717, 1.165) is 4.31 Å². The molecule has 0 radical (unpaired) electrons. The van der Waals surface area contributed by atoms with E-state index in [1.807, 2.05) is 0 Å². The Hall–Kier alpha value is -3.31. The van der Waals surface area contributed by atoms with Crippen molar-refractivity contribution in [1.82, 2.24) is 4.31 Å². The molecular formula is C22H22N2O8S. The first-order chi connectivity index (χ1) is 15.6. The second kappa shape index (κ2) is 8.23. The van der Waals surface area contributed by atoms with Crippen LogP contribution < -0.4 is 0 Å². The van der Waals surface area contributed by atoms with Crippen molar-refractivity contribution in [2.45, 2.75) is 48.0 Å². The number of carboxylic acid groups (broad SMARTS) is 2. The van der Waals surface area contributed by atoms with Gasteiger partial charge in [0.25, 0.3) is 5.69 Å². The van der Waals surface area contributed by atoms with Crippen molar-refractivity contribution >= 4 is 27.6 Å². The van der Waals surface area contributed by atoms with E-state index >= 15 is 0 Å². The minimum Gasteiger partial charge on any atom is -0.481 e. The number of benzene rings is 2. The van der Waals surface area contributed by atoms with E-state index in [9.17, 15) is 38.3 Å². The van der Waals surface area contributed by atoms with Gasteiger partial charge in [-0.15, -0.1) is 0 Å². The van der Waals surface area contributed by atoms with Crippen LogP contribution in [-0.2, 0) is 25.0 Å². The number of carbonyl (C=O) groups is 2. The third-order valence-corrected chi connectivity index (χ3v) is 8.70. The average Bonchev–Trinajstić information content (AvgIpc) is 3.25. The summed E-state index contributed by atoms with van der Waals surface area (Å²) >= 11 is 0. The molecule has 1 saturated heterocycles. The molecule has 0 aromatic heterocycles. The first-order valence-corrected chi connectivity index (χ1v) is 11.9. The van der Waals surface area contributed by atoms with E-state index in [1.54, 1.807) is 12.1 Å². The van der Waals surface area contributed by atoms with Crippen molar-refractivity contribution in [1.29, 1.82) is 0 Å². The highest BCUT2D eigenvalue weighted by Gasteiger charge is 2.55. The molecule has 1 heterocycles. The van der Waals surface area contributed by atoms with E-state index in [2.05, 4.69) is 0 Å². The molecule has 11 heteroatoms. The van der Waals surface area contributed by atoms with E-state index in [4.69, 9.17) is 0 Å². The number of nitro groups is 1. The molecule has 0 bridgehead atoms. The number of nitrogens with zero attached hydrogens (tertiary/aromatic N) is 2. The van der Waals surface area contributed by atoms with Gasteiger partial charge in [-0.25, -0.2) is 8.42 Å². The van der Waals surface area contributed by atoms with E-state index in [0.29, 0.717) is 30.4 Å². The summed E-state index contributed by atoms with van der Waals surface area (Å²) in [5.74, 6) is -2.67. The SMILES string of the molecule is O=C(O)[C@H]1CCCN1S(=O)(=O)c1ccc(C2CCC2(C(=O)O)c2ccc([N+](=O)[O-])cc2)cc1. The third-order valence-electron chi connectivity index (χ3n) is 6.77. The lowest BCUT2D eigenvalue weighted by atomic mass is 9.54. The van der Waals surface area contributed by atoms with Gasteiger partial charge in [-0.05, 0) is 48.9 Å². The van der Waals surface area contributed by atoms with Crippen LogP contribution in [0.15, 0.2) is 53.4 Å². The molecule has 2 unspecified atom stereocenters. The molecule has 3 atom stereocenters. The van der Waals surface area contributed by atoms with Crippen molar-refractivity contribution in [2.75, 3.05) is 6.54 Å². The summed E-state index contributed by atoms with van der Waals surface area (Å²) in [4.78, 5) is 34.1. The molecule has 0 amide bonds.